The number of nitrogens with zero attached hydrogens (tertiary/aromatic N) is 1. The van der Waals surface area contributed by atoms with Crippen molar-refractivity contribution in [3.63, 3.8) is 0 Å². The SMILES string of the molecule is O=C(Nc1cc(-c2ccc(F)cc2)no1)Oc1ccccc1. The Hall–Kier alpha value is -3.15. The van der Waals surface area contributed by atoms with Crippen molar-refractivity contribution < 1.29 is 18.4 Å². The lowest BCUT2D eigenvalue weighted by Crippen LogP contribution is -2.16. The molecule has 0 saturated heterocycles. The molecule has 0 atom stereocenters. The fraction of sp³-hybridized carbons (Fsp3) is 0. The van der Waals surface area contributed by atoms with Gasteiger partial charge in [-0.05, 0) is 36.4 Å². The fourth-order valence-electron chi connectivity index (χ4n) is 1.81. The molecule has 3 rings (SSSR count). The maximum atomic E-state index is 12.9. The molecule has 0 aliphatic heterocycles. The average molecular weight is 298 g/mol. The van der Waals surface area contributed by atoms with Crippen molar-refractivity contribution in [3.8, 4) is 17.0 Å². The normalized spacial score (nSPS) is 10.2. The van der Waals surface area contributed by atoms with Gasteiger partial charge in [-0.1, -0.05) is 23.4 Å². The number of amides is 1. The quantitative estimate of drug-likeness (QED) is 0.791. The lowest BCUT2D eigenvalue weighted by atomic mass is 10.1. The Morgan fingerprint density at radius 3 is 2.55 bits per heavy atom. The zero-order valence-electron chi connectivity index (χ0n) is 11.3. The maximum Gasteiger partial charge on any atom is 0.419 e. The number of para-hydroxylation sites is 1. The molecule has 1 N–H and O–H groups in total. The Morgan fingerprint density at radius 2 is 1.82 bits per heavy atom. The van der Waals surface area contributed by atoms with E-state index in [1.165, 1.54) is 18.2 Å². The number of carbonyl (C=O) groups is 1. The molecule has 6 heteroatoms. The van der Waals surface area contributed by atoms with E-state index in [1.807, 2.05) is 6.07 Å². The van der Waals surface area contributed by atoms with Crippen LogP contribution in [0, 0.1) is 5.82 Å². The third-order valence-corrected chi connectivity index (χ3v) is 2.83. The summed E-state index contributed by atoms with van der Waals surface area (Å²) in [5, 5.41) is 6.24. The molecule has 110 valence electrons. The zero-order valence-corrected chi connectivity index (χ0v) is 11.3. The molecule has 0 aliphatic rings. The number of aromatic nitrogens is 1. The second-order valence-electron chi connectivity index (χ2n) is 4.41. The monoisotopic (exact) mass is 298 g/mol. The number of halogens is 1. The molecule has 3 aromatic rings. The Labute approximate surface area is 125 Å². The molecule has 0 bridgehead atoms. The molecule has 0 aliphatic carbocycles. The number of carbonyl (C=O) groups excluding carboxylic acids is 1. The van der Waals surface area contributed by atoms with Crippen molar-refractivity contribution in [2.75, 3.05) is 5.32 Å². The first-order valence-electron chi connectivity index (χ1n) is 6.47. The summed E-state index contributed by atoms with van der Waals surface area (Å²) in [6.07, 6.45) is -0.687. The highest BCUT2D eigenvalue weighted by Gasteiger charge is 2.11. The summed E-state index contributed by atoms with van der Waals surface area (Å²) in [5.74, 6) is 0.218. The van der Waals surface area contributed by atoms with Gasteiger partial charge in [-0.15, -0.1) is 0 Å². The summed E-state index contributed by atoms with van der Waals surface area (Å²) < 4.78 is 22.9. The molecular formula is C16H11FN2O3. The minimum absolute atomic E-state index is 0.139. The fourth-order valence-corrected chi connectivity index (χ4v) is 1.81. The highest BCUT2D eigenvalue weighted by molar-refractivity contribution is 5.85. The Bertz CT molecular complexity index is 770. The molecule has 1 heterocycles. The third-order valence-electron chi connectivity index (χ3n) is 2.83. The van der Waals surface area contributed by atoms with Gasteiger partial charge in [0, 0.05) is 11.6 Å². The first-order valence-corrected chi connectivity index (χ1v) is 6.47. The first-order chi connectivity index (χ1) is 10.7. The van der Waals surface area contributed by atoms with E-state index in [9.17, 15) is 9.18 Å². The van der Waals surface area contributed by atoms with Crippen molar-refractivity contribution >= 4 is 12.0 Å². The second kappa shape index (κ2) is 6.09. The van der Waals surface area contributed by atoms with Crippen molar-refractivity contribution in [1.29, 1.82) is 0 Å². The zero-order chi connectivity index (χ0) is 15.4. The molecule has 0 radical (unpaired) electrons. The van der Waals surface area contributed by atoms with Gasteiger partial charge in [0.15, 0.2) is 0 Å². The van der Waals surface area contributed by atoms with Crippen LogP contribution in [0.5, 0.6) is 5.75 Å². The summed E-state index contributed by atoms with van der Waals surface area (Å²) in [4.78, 5) is 11.7. The van der Waals surface area contributed by atoms with E-state index in [0.29, 0.717) is 17.0 Å². The summed E-state index contributed by atoms with van der Waals surface area (Å²) in [7, 11) is 0. The van der Waals surface area contributed by atoms with E-state index in [2.05, 4.69) is 10.5 Å². The van der Waals surface area contributed by atoms with Crippen LogP contribution >= 0.6 is 0 Å². The number of anilines is 1. The van der Waals surface area contributed by atoms with Crippen LogP contribution in [0.15, 0.2) is 65.2 Å². The van der Waals surface area contributed by atoms with Crippen molar-refractivity contribution in [3.05, 3.63) is 66.5 Å². The van der Waals surface area contributed by atoms with E-state index in [0.717, 1.165) is 0 Å². The van der Waals surface area contributed by atoms with Gasteiger partial charge in [-0.3, -0.25) is 5.32 Å². The Morgan fingerprint density at radius 1 is 1.09 bits per heavy atom. The average Bonchev–Trinajstić information content (AvgIpc) is 2.97. The Balaban J connectivity index is 1.66. The lowest BCUT2D eigenvalue weighted by molar-refractivity contribution is 0.214. The number of hydrogen-bond donors (Lipinski definition) is 1. The molecular weight excluding hydrogens is 287 g/mol. The maximum absolute atomic E-state index is 12.9. The van der Waals surface area contributed by atoms with Crippen LogP contribution in [0.1, 0.15) is 0 Å². The molecule has 0 spiro atoms. The molecule has 22 heavy (non-hydrogen) atoms. The van der Waals surface area contributed by atoms with E-state index >= 15 is 0 Å². The van der Waals surface area contributed by atoms with Crippen molar-refractivity contribution in [1.82, 2.24) is 5.16 Å². The second-order valence-corrected chi connectivity index (χ2v) is 4.41. The van der Waals surface area contributed by atoms with Crippen LogP contribution < -0.4 is 10.1 Å². The number of hydrogen-bond acceptors (Lipinski definition) is 4. The molecule has 1 aromatic heterocycles. The van der Waals surface area contributed by atoms with E-state index in [1.54, 1.807) is 36.4 Å². The van der Waals surface area contributed by atoms with Crippen LogP contribution in [0.25, 0.3) is 11.3 Å². The van der Waals surface area contributed by atoms with Gasteiger partial charge in [0.2, 0.25) is 5.88 Å². The van der Waals surface area contributed by atoms with Gasteiger partial charge in [0.25, 0.3) is 0 Å². The summed E-state index contributed by atoms with van der Waals surface area (Å²) in [6, 6.07) is 15.9. The van der Waals surface area contributed by atoms with Gasteiger partial charge in [-0.25, -0.2) is 9.18 Å². The lowest BCUT2D eigenvalue weighted by Gasteiger charge is -2.02. The van der Waals surface area contributed by atoms with E-state index in [-0.39, 0.29) is 11.7 Å². The number of ether oxygens (including phenoxy) is 1. The minimum Gasteiger partial charge on any atom is -0.410 e. The highest BCUT2D eigenvalue weighted by Crippen LogP contribution is 2.22. The number of rotatable bonds is 3. The van der Waals surface area contributed by atoms with Gasteiger partial charge >= 0.3 is 6.09 Å². The largest absolute Gasteiger partial charge is 0.419 e. The van der Waals surface area contributed by atoms with Gasteiger partial charge in [0.05, 0.1) is 0 Å². The highest BCUT2D eigenvalue weighted by atomic mass is 19.1. The molecule has 5 nitrogen and oxygen atoms in total. The van der Waals surface area contributed by atoms with E-state index in [4.69, 9.17) is 9.26 Å². The van der Waals surface area contributed by atoms with Gasteiger partial charge < -0.3 is 9.26 Å². The minimum atomic E-state index is -0.687. The predicted molar refractivity (Wildman–Crippen MR) is 78.0 cm³/mol. The molecule has 0 unspecified atom stereocenters. The first kappa shape index (κ1) is 13.8. The van der Waals surface area contributed by atoms with Crippen LogP contribution in [0.3, 0.4) is 0 Å². The van der Waals surface area contributed by atoms with Crippen LogP contribution in [-0.4, -0.2) is 11.2 Å². The summed E-state index contributed by atoms with van der Waals surface area (Å²) in [6.45, 7) is 0. The summed E-state index contributed by atoms with van der Waals surface area (Å²) in [5.41, 5.74) is 1.16. The Kier molecular flexibility index (Phi) is 3.82. The molecule has 0 saturated carbocycles. The van der Waals surface area contributed by atoms with E-state index < -0.39 is 6.09 Å². The van der Waals surface area contributed by atoms with Crippen LogP contribution in [0.2, 0.25) is 0 Å². The standard InChI is InChI=1S/C16H11FN2O3/c17-12-8-6-11(7-9-12)14-10-15(22-19-14)18-16(20)21-13-4-2-1-3-5-13/h1-10H,(H,18,20). The van der Waals surface area contributed by atoms with Crippen molar-refractivity contribution in [2.24, 2.45) is 0 Å². The van der Waals surface area contributed by atoms with Crippen LogP contribution in [0.4, 0.5) is 15.1 Å². The van der Waals surface area contributed by atoms with Gasteiger partial charge in [-0.2, -0.15) is 0 Å². The molecule has 1 amide bonds. The van der Waals surface area contributed by atoms with Gasteiger partial charge in [0.1, 0.15) is 17.3 Å². The molecule has 2 aromatic carbocycles. The smallest absolute Gasteiger partial charge is 0.410 e. The van der Waals surface area contributed by atoms with Crippen molar-refractivity contribution in [2.45, 2.75) is 0 Å². The number of nitrogens with one attached hydrogen (secondary N) is 1. The molecule has 0 fully saturated rings. The number of benzene rings is 2. The van der Waals surface area contributed by atoms with Crippen LogP contribution in [-0.2, 0) is 0 Å². The predicted octanol–water partition coefficient (Wildman–Crippen LogP) is 4.09. The summed E-state index contributed by atoms with van der Waals surface area (Å²) >= 11 is 0. The topological polar surface area (TPSA) is 64.4 Å². The third kappa shape index (κ3) is 3.29.